The van der Waals surface area contributed by atoms with Gasteiger partial charge in [0.25, 0.3) is 0 Å². The zero-order valence-corrected chi connectivity index (χ0v) is 14.4. The summed E-state index contributed by atoms with van der Waals surface area (Å²) in [5, 5.41) is 24.7. The summed E-state index contributed by atoms with van der Waals surface area (Å²) in [7, 11) is 0. The molecule has 0 aromatic carbocycles. The van der Waals surface area contributed by atoms with Crippen LogP contribution in [0.5, 0.6) is 0 Å². The number of anilines is 2. The van der Waals surface area contributed by atoms with Crippen molar-refractivity contribution in [1.29, 1.82) is 0 Å². The first-order valence-corrected chi connectivity index (χ1v) is 8.41. The van der Waals surface area contributed by atoms with Crippen LogP contribution in [-0.4, -0.2) is 41.7 Å². The molecule has 0 aliphatic rings. The van der Waals surface area contributed by atoms with Crippen LogP contribution >= 0.6 is 0 Å². The average Bonchev–Trinajstić information content (AvgIpc) is 3.33. The van der Waals surface area contributed by atoms with E-state index < -0.39 is 0 Å². The number of aliphatic hydroxyl groups is 1. The third kappa shape index (κ3) is 3.43. The number of H-pyrrole nitrogens is 1. The van der Waals surface area contributed by atoms with Crippen LogP contribution in [0, 0.1) is 0 Å². The average molecular weight is 365 g/mol. The second kappa shape index (κ2) is 7.40. The molecule has 0 amide bonds. The molecule has 0 spiro atoms. The fraction of sp³-hybridized carbons (Fsp3) is 0.176. The van der Waals surface area contributed by atoms with E-state index in [0.717, 1.165) is 28.0 Å². The summed E-state index contributed by atoms with van der Waals surface area (Å²) in [6, 6.07) is 7.54. The number of nitrogen functional groups attached to an aromatic ring is 1. The van der Waals surface area contributed by atoms with Crippen molar-refractivity contribution in [3.63, 3.8) is 0 Å². The van der Waals surface area contributed by atoms with E-state index in [9.17, 15) is 0 Å². The first-order valence-electron chi connectivity index (χ1n) is 8.41. The smallest absolute Gasteiger partial charge is 0.155 e. The van der Waals surface area contributed by atoms with Crippen molar-refractivity contribution in [2.45, 2.75) is 13.1 Å². The highest BCUT2D eigenvalue weighted by molar-refractivity contribution is 5.78. The van der Waals surface area contributed by atoms with E-state index in [-0.39, 0.29) is 6.61 Å². The van der Waals surface area contributed by atoms with Gasteiger partial charge in [0.05, 0.1) is 43.0 Å². The van der Waals surface area contributed by atoms with Gasteiger partial charge in [0.15, 0.2) is 11.5 Å². The highest BCUT2D eigenvalue weighted by Crippen LogP contribution is 2.25. The Morgan fingerprint density at radius 2 is 2.19 bits per heavy atom. The molecule has 0 unspecified atom stereocenters. The molecule has 0 saturated carbocycles. The standard InChI is InChI=1S/C17H19N9O/c18-23-14-4-3-13(11-8-21-26(10-11)6-7-27)22-17(14)20-9-15-12-2-1-5-19-16(12)25-24-15/h1-5,8,10,23,27H,6-7,9,18H2,(H,20,22)(H,19,24,25). The Hall–Kier alpha value is -3.50. The summed E-state index contributed by atoms with van der Waals surface area (Å²) < 4.78 is 1.67. The molecule has 4 aromatic heterocycles. The van der Waals surface area contributed by atoms with Gasteiger partial charge in [-0.25, -0.2) is 9.97 Å². The van der Waals surface area contributed by atoms with Gasteiger partial charge in [-0.1, -0.05) is 0 Å². The Morgan fingerprint density at radius 3 is 3.04 bits per heavy atom. The highest BCUT2D eigenvalue weighted by atomic mass is 16.3. The number of pyridine rings is 2. The zero-order chi connectivity index (χ0) is 18.6. The van der Waals surface area contributed by atoms with Gasteiger partial charge in [0.1, 0.15) is 0 Å². The van der Waals surface area contributed by atoms with Crippen LogP contribution in [0.2, 0.25) is 0 Å². The van der Waals surface area contributed by atoms with E-state index in [0.29, 0.717) is 24.6 Å². The summed E-state index contributed by atoms with van der Waals surface area (Å²) in [6.45, 7) is 0.929. The molecule has 10 heteroatoms. The van der Waals surface area contributed by atoms with E-state index in [1.165, 1.54) is 0 Å². The fourth-order valence-corrected chi connectivity index (χ4v) is 2.80. The van der Waals surface area contributed by atoms with Gasteiger partial charge in [0.2, 0.25) is 0 Å². The summed E-state index contributed by atoms with van der Waals surface area (Å²) in [6.07, 6.45) is 5.27. The van der Waals surface area contributed by atoms with Crippen LogP contribution in [0.4, 0.5) is 11.5 Å². The number of nitrogens with zero attached hydrogens (tertiary/aromatic N) is 5. The number of aromatic amines is 1. The highest BCUT2D eigenvalue weighted by Gasteiger charge is 2.11. The van der Waals surface area contributed by atoms with E-state index in [1.807, 2.05) is 30.5 Å². The van der Waals surface area contributed by atoms with Crippen molar-refractivity contribution >= 4 is 22.5 Å². The molecule has 0 bridgehead atoms. The topological polar surface area (TPSA) is 143 Å². The van der Waals surface area contributed by atoms with E-state index >= 15 is 0 Å². The largest absolute Gasteiger partial charge is 0.394 e. The number of hydrogen-bond acceptors (Lipinski definition) is 8. The normalized spacial score (nSPS) is 11.0. The minimum atomic E-state index is 0.0316. The molecular weight excluding hydrogens is 346 g/mol. The lowest BCUT2D eigenvalue weighted by Gasteiger charge is -2.11. The molecule has 6 N–H and O–H groups in total. The van der Waals surface area contributed by atoms with Crippen molar-refractivity contribution in [3.8, 4) is 11.3 Å². The minimum Gasteiger partial charge on any atom is -0.394 e. The lowest BCUT2D eigenvalue weighted by Crippen LogP contribution is -2.12. The zero-order valence-electron chi connectivity index (χ0n) is 14.4. The number of nitrogens with one attached hydrogen (secondary N) is 3. The molecule has 27 heavy (non-hydrogen) atoms. The lowest BCUT2D eigenvalue weighted by molar-refractivity contribution is 0.269. The maximum absolute atomic E-state index is 9.03. The fourth-order valence-electron chi connectivity index (χ4n) is 2.80. The molecule has 0 saturated heterocycles. The summed E-state index contributed by atoms with van der Waals surface area (Å²) in [4.78, 5) is 8.88. The van der Waals surface area contributed by atoms with Crippen LogP contribution in [-0.2, 0) is 13.1 Å². The van der Waals surface area contributed by atoms with Gasteiger partial charge < -0.3 is 15.8 Å². The molecule has 4 rings (SSSR count). The molecule has 0 atom stereocenters. The van der Waals surface area contributed by atoms with Crippen LogP contribution in [0.1, 0.15) is 5.69 Å². The molecule has 10 nitrogen and oxygen atoms in total. The van der Waals surface area contributed by atoms with Gasteiger partial charge in [0, 0.05) is 23.3 Å². The quantitative estimate of drug-likeness (QED) is 0.242. The van der Waals surface area contributed by atoms with Gasteiger partial charge in [-0.3, -0.25) is 15.6 Å². The molecule has 4 aromatic rings. The number of aliphatic hydroxyl groups excluding tert-OH is 1. The van der Waals surface area contributed by atoms with E-state index in [2.05, 4.69) is 36.0 Å². The van der Waals surface area contributed by atoms with Crippen LogP contribution in [0.25, 0.3) is 22.3 Å². The summed E-state index contributed by atoms with van der Waals surface area (Å²) >= 11 is 0. The van der Waals surface area contributed by atoms with Gasteiger partial charge in [-0.2, -0.15) is 10.2 Å². The maximum Gasteiger partial charge on any atom is 0.155 e. The first-order chi connectivity index (χ1) is 13.3. The first kappa shape index (κ1) is 16.9. The molecule has 0 fully saturated rings. The van der Waals surface area contributed by atoms with Gasteiger partial charge >= 0.3 is 0 Å². The molecule has 4 heterocycles. The second-order valence-electron chi connectivity index (χ2n) is 5.88. The van der Waals surface area contributed by atoms with Crippen LogP contribution in [0.15, 0.2) is 42.9 Å². The Balaban J connectivity index is 1.59. The number of rotatable bonds is 7. The van der Waals surface area contributed by atoms with Gasteiger partial charge in [-0.15, -0.1) is 0 Å². The van der Waals surface area contributed by atoms with Gasteiger partial charge in [-0.05, 0) is 24.3 Å². The molecule has 0 radical (unpaired) electrons. The summed E-state index contributed by atoms with van der Waals surface area (Å²) in [5.74, 6) is 6.22. The van der Waals surface area contributed by atoms with E-state index in [4.69, 9.17) is 10.9 Å². The van der Waals surface area contributed by atoms with Crippen molar-refractivity contribution in [3.05, 3.63) is 48.5 Å². The molecular formula is C17H19N9O. The number of hydrazine groups is 1. The van der Waals surface area contributed by atoms with Crippen LogP contribution in [0.3, 0.4) is 0 Å². The number of nitrogens with two attached hydrogens (primary N) is 1. The number of aromatic nitrogens is 6. The Labute approximate surface area is 154 Å². The van der Waals surface area contributed by atoms with Crippen molar-refractivity contribution < 1.29 is 5.11 Å². The predicted molar refractivity (Wildman–Crippen MR) is 102 cm³/mol. The van der Waals surface area contributed by atoms with Crippen LogP contribution < -0.4 is 16.6 Å². The second-order valence-corrected chi connectivity index (χ2v) is 5.88. The van der Waals surface area contributed by atoms with Crippen molar-refractivity contribution in [2.24, 2.45) is 5.84 Å². The Bertz CT molecular complexity index is 1060. The monoisotopic (exact) mass is 365 g/mol. The third-order valence-corrected chi connectivity index (χ3v) is 4.15. The summed E-state index contributed by atoms with van der Waals surface area (Å²) in [5.41, 5.74) is 6.49. The minimum absolute atomic E-state index is 0.0316. The van der Waals surface area contributed by atoms with Crippen molar-refractivity contribution in [2.75, 3.05) is 17.3 Å². The SMILES string of the molecule is NNc1ccc(-c2cnn(CCO)c2)nc1NCc1n[nH]c2ncccc12. The Kier molecular flexibility index (Phi) is 4.64. The third-order valence-electron chi connectivity index (χ3n) is 4.15. The predicted octanol–water partition coefficient (Wildman–Crippen LogP) is 1.11. The number of fused-ring (bicyclic) bond motifs is 1. The molecule has 138 valence electrons. The number of hydrogen-bond donors (Lipinski definition) is 5. The molecule has 0 aliphatic heterocycles. The maximum atomic E-state index is 9.03. The lowest BCUT2D eigenvalue weighted by atomic mass is 10.2. The Morgan fingerprint density at radius 1 is 1.26 bits per heavy atom. The van der Waals surface area contributed by atoms with Crippen molar-refractivity contribution in [1.82, 2.24) is 29.9 Å². The molecule has 0 aliphatic carbocycles. The van der Waals surface area contributed by atoms with E-state index in [1.54, 1.807) is 17.1 Å².